The lowest BCUT2D eigenvalue weighted by molar-refractivity contribution is -0.130. The normalized spacial score (nSPS) is 10.2. The fourth-order valence-electron chi connectivity index (χ4n) is 2.94. The summed E-state index contributed by atoms with van der Waals surface area (Å²) in [6.45, 7) is 1.53. The molecule has 8 heteroatoms. The standard InChI is InChI=1S/C25H24ClN3O4/c1-17-21(26)8-5-9-22(17)27-23(30)14-15-24(31)28-29-25(32)16-33-20-12-10-19(11-13-20)18-6-3-2-4-7-18/h2-13H,14-16H2,1H3,(H,27,30)(H,28,31)(H,29,32). The smallest absolute Gasteiger partial charge is 0.276 e. The van der Waals surface area contributed by atoms with Crippen LogP contribution in [0.5, 0.6) is 5.75 Å². The molecule has 0 bridgehead atoms. The van der Waals surface area contributed by atoms with Gasteiger partial charge >= 0.3 is 0 Å². The van der Waals surface area contributed by atoms with E-state index in [9.17, 15) is 14.4 Å². The molecule has 0 aliphatic rings. The van der Waals surface area contributed by atoms with E-state index in [0.29, 0.717) is 16.5 Å². The second-order valence-corrected chi connectivity index (χ2v) is 7.64. The van der Waals surface area contributed by atoms with Crippen molar-refractivity contribution in [2.24, 2.45) is 0 Å². The van der Waals surface area contributed by atoms with Crippen LogP contribution >= 0.6 is 11.6 Å². The van der Waals surface area contributed by atoms with Gasteiger partial charge in [-0.25, -0.2) is 0 Å². The number of hydrogen-bond acceptors (Lipinski definition) is 4. The third-order valence-electron chi connectivity index (χ3n) is 4.79. The number of hydrogen-bond donors (Lipinski definition) is 3. The van der Waals surface area contributed by atoms with Crippen molar-refractivity contribution in [2.45, 2.75) is 19.8 Å². The van der Waals surface area contributed by atoms with Crippen LogP contribution in [-0.4, -0.2) is 24.3 Å². The third-order valence-corrected chi connectivity index (χ3v) is 5.20. The molecule has 0 aliphatic carbocycles. The molecule has 0 radical (unpaired) electrons. The van der Waals surface area contributed by atoms with Crippen molar-refractivity contribution in [1.82, 2.24) is 10.9 Å². The molecule has 0 unspecified atom stereocenters. The highest BCUT2D eigenvalue weighted by molar-refractivity contribution is 6.31. The van der Waals surface area contributed by atoms with Crippen LogP contribution in [0.1, 0.15) is 18.4 Å². The molecule has 0 aliphatic heterocycles. The molecule has 3 aromatic rings. The molecule has 0 saturated carbocycles. The maximum atomic E-state index is 12.1. The van der Waals surface area contributed by atoms with E-state index in [1.54, 1.807) is 37.3 Å². The van der Waals surface area contributed by atoms with Gasteiger partial charge in [0, 0.05) is 23.6 Å². The van der Waals surface area contributed by atoms with E-state index in [2.05, 4.69) is 16.2 Å². The number of carbonyl (C=O) groups is 3. The first-order valence-electron chi connectivity index (χ1n) is 10.3. The van der Waals surface area contributed by atoms with Gasteiger partial charge in [0.15, 0.2) is 6.61 Å². The van der Waals surface area contributed by atoms with Gasteiger partial charge in [-0.05, 0) is 47.9 Å². The fraction of sp³-hybridized carbons (Fsp3) is 0.160. The van der Waals surface area contributed by atoms with Crippen LogP contribution < -0.4 is 20.9 Å². The lowest BCUT2D eigenvalue weighted by atomic mass is 10.1. The summed E-state index contributed by atoms with van der Waals surface area (Å²) >= 11 is 6.03. The van der Waals surface area contributed by atoms with Crippen molar-refractivity contribution in [3.8, 4) is 16.9 Å². The molecule has 0 aromatic heterocycles. The lowest BCUT2D eigenvalue weighted by Gasteiger charge is -2.10. The van der Waals surface area contributed by atoms with Gasteiger partial charge < -0.3 is 10.1 Å². The molecular formula is C25H24ClN3O4. The fourth-order valence-corrected chi connectivity index (χ4v) is 3.12. The van der Waals surface area contributed by atoms with Gasteiger partial charge in [-0.3, -0.25) is 25.2 Å². The number of rotatable bonds is 8. The Kier molecular flexibility index (Phi) is 8.43. The van der Waals surface area contributed by atoms with E-state index in [1.807, 2.05) is 42.5 Å². The number of anilines is 1. The zero-order valence-corrected chi connectivity index (χ0v) is 18.8. The Balaban J connectivity index is 1.35. The molecule has 170 valence electrons. The Hall–Kier alpha value is -3.84. The highest BCUT2D eigenvalue weighted by Gasteiger charge is 2.11. The number of benzene rings is 3. The molecule has 7 nitrogen and oxygen atoms in total. The molecule has 3 rings (SSSR count). The molecule has 3 N–H and O–H groups in total. The summed E-state index contributed by atoms with van der Waals surface area (Å²) in [7, 11) is 0. The van der Waals surface area contributed by atoms with Crippen LogP contribution in [-0.2, 0) is 14.4 Å². The Morgan fingerprint density at radius 3 is 2.12 bits per heavy atom. The number of ether oxygens (including phenoxy) is 1. The summed E-state index contributed by atoms with van der Waals surface area (Å²) in [5.41, 5.74) is 8.00. The van der Waals surface area contributed by atoms with Crippen molar-refractivity contribution in [3.05, 3.63) is 83.4 Å². The lowest BCUT2D eigenvalue weighted by Crippen LogP contribution is -2.44. The molecule has 0 spiro atoms. The van der Waals surface area contributed by atoms with Gasteiger partial charge in [0.2, 0.25) is 11.8 Å². The average Bonchev–Trinajstić information content (AvgIpc) is 2.84. The predicted molar refractivity (Wildman–Crippen MR) is 128 cm³/mol. The maximum Gasteiger partial charge on any atom is 0.276 e. The third kappa shape index (κ3) is 7.36. The topological polar surface area (TPSA) is 96.5 Å². The molecule has 33 heavy (non-hydrogen) atoms. The monoisotopic (exact) mass is 465 g/mol. The zero-order chi connectivity index (χ0) is 23.6. The Morgan fingerprint density at radius 1 is 0.758 bits per heavy atom. The molecule has 0 atom stereocenters. The second kappa shape index (κ2) is 11.7. The minimum absolute atomic E-state index is 0.0437. The van der Waals surface area contributed by atoms with Crippen LogP contribution in [0.3, 0.4) is 0 Å². The van der Waals surface area contributed by atoms with Gasteiger partial charge in [-0.15, -0.1) is 0 Å². The van der Waals surface area contributed by atoms with Crippen molar-refractivity contribution >= 4 is 35.0 Å². The molecular weight excluding hydrogens is 442 g/mol. The molecule has 0 fully saturated rings. The summed E-state index contributed by atoms with van der Waals surface area (Å²) in [4.78, 5) is 35.9. The number of amides is 3. The van der Waals surface area contributed by atoms with Gasteiger partial charge in [-0.2, -0.15) is 0 Å². The average molecular weight is 466 g/mol. The SMILES string of the molecule is Cc1c(Cl)cccc1NC(=O)CCC(=O)NNC(=O)COc1ccc(-c2ccccc2)cc1. The summed E-state index contributed by atoms with van der Waals surface area (Å²) in [6, 6.07) is 22.4. The van der Waals surface area contributed by atoms with E-state index in [-0.39, 0.29) is 25.4 Å². The summed E-state index contributed by atoms with van der Waals surface area (Å²) < 4.78 is 5.44. The number of carbonyl (C=O) groups excluding carboxylic acids is 3. The van der Waals surface area contributed by atoms with Crippen molar-refractivity contribution in [3.63, 3.8) is 0 Å². The summed E-state index contributed by atoms with van der Waals surface area (Å²) in [5.74, 6) is -0.809. The van der Waals surface area contributed by atoms with Crippen molar-refractivity contribution in [2.75, 3.05) is 11.9 Å². The van der Waals surface area contributed by atoms with Gasteiger partial charge in [-0.1, -0.05) is 60.1 Å². The first kappa shape index (κ1) is 23.8. The largest absolute Gasteiger partial charge is 0.484 e. The van der Waals surface area contributed by atoms with Crippen LogP contribution in [0.15, 0.2) is 72.8 Å². The predicted octanol–water partition coefficient (Wildman–Crippen LogP) is 4.26. The second-order valence-electron chi connectivity index (χ2n) is 7.24. The minimum Gasteiger partial charge on any atom is -0.484 e. The van der Waals surface area contributed by atoms with Gasteiger partial charge in [0.1, 0.15) is 5.75 Å². The van der Waals surface area contributed by atoms with E-state index in [0.717, 1.165) is 16.7 Å². The first-order valence-corrected chi connectivity index (χ1v) is 10.7. The van der Waals surface area contributed by atoms with E-state index >= 15 is 0 Å². The van der Waals surface area contributed by atoms with E-state index in [1.165, 1.54) is 0 Å². The highest BCUT2D eigenvalue weighted by Crippen LogP contribution is 2.23. The van der Waals surface area contributed by atoms with Crippen LogP contribution in [0, 0.1) is 6.92 Å². The van der Waals surface area contributed by atoms with E-state index in [4.69, 9.17) is 16.3 Å². The molecule has 3 aromatic carbocycles. The quantitative estimate of drug-likeness (QED) is 0.433. The van der Waals surface area contributed by atoms with E-state index < -0.39 is 11.8 Å². The minimum atomic E-state index is -0.519. The number of hydrazine groups is 1. The first-order chi connectivity index (χ1) is 15.9. The Bertz CT molecular complexity index is 1120. The van der Waals surface area contributed by atoms with Gasteiger partial charge in [0.25, 0.3) is 5.91 Å². The maximum absolute atomic E-state index is 12.1. The molecule has 0 heterocycles. The highest BCUT2D eigenvalue weighted by atomic mass is 35.5. The Morgan fingerprint density at radius 2 is 1.39 bits per heavy atom. The number of halogens is 1. The number of nitrogens with one attached hydrogen (secondary N) is 3. The molecule has 0 saturated heterocycles. The molecule has 3 amide bonds. The summed E-state index contributed by atoms with van der Waals surface area (Å²) in [6.07, 6.45) is -0.133. The van der Waals surface area contributed by atoms with Crippen LogP contribution in [0.25, 0.3) is 11.1 Å². The van der Waals surface area contributed by atoms with Crippen molar-refractivity contribution in [1.29, 1.82) is 0 Å². The zero-order valence-electron chi connectivity index (χ0n) is 18.1. The van der Waals surface area contributed by atoms with Crippen molar-refractivity contribution < 1.29 is 19.1 Å². The summed E-state index contributed by atoms with van der Waals surface area (Å²) in [5, 5.41) is 3.26. The van der Waals surface area contributed by atoms with Crippen LogP contribution in [0.2, 0.25) is 5.02 Å². The van der Waals surface area contributed by atoms with Gasteiger partial charge in [0.05, 0.1) is 0 Å². The van der Waals surface area contributed by atoms with Crippen LogP contribution in [0.4, 0.5) is 5.69 Å². The Labute approximate surface area is 197 Å².